The third-order valence-corrected chi connectivity index (χ3v) is 14.3. The van der Waals surface area contributed by atoms with Crippen molar-refractivity contribution in [2.24, 2.45) is 0 Å². The molecule has 5 heterocycles. The van der Waals surface area contributed by atoms with Crippen LogP contribution in [-0.2, 0) is 42.2 Å². The summed E-state index contributed by atoms with van der Waals surface area (Å²) in [5.74, 6) is -1.84. The van der Waals surface area contributed by atoms with Crippen molar-refractivity contribution in [1.29, 1.82) is 0 Å². The second-order valence-electron chi connectivity index (χ2n) is 20.5. The molecule has 0 atom stereocenters. The Hall–Kier alpha value is -6.10. The van der Waals surface area contributed by atoms with E-state index in [0.717, 1.165) is 55.7 Å². The molecule has 5 aromatic rings. The van der Waals surface area contributed by atoms with Gasteiger partial charge in [-0.15, -0.1) is 20.8 Å². The Morgan fingerprint density at radius 1 is 0.615 bits per heavy atom. The second-order valence-corrected chi connectivity index (χ2v) is 23.7. The van der Waals surface area contributed by atoms with Crippen molar-refractivity contribution >= 4 is 84.1 Å². The lowest BCUT2D eigenvalue weighted by Crippen LogP contribution is -2.52. The molecule has 0 aliphatic carbocycles. The highest BCUT2D eigenvalue weighted by Gasteiger charge is 2.38. The minimum atomic E-state index is -4.74. The van der Waals surface area contributed by atoms with Crippen LogP contribution < -0.4 is 33.4 Å². The van der Waals surface area contributed by atoms with Gasteiger partial charge in [0.2, 0.25) is 11.6 Å². The normalized spacial score (nSPS) is 15.1. The van der Waals surface area contributed by atoms with Gasteiger partial charge in [-0.25, -0.2) is 34.2 Å². The molecule has 2 aliphatic rings. The number of nitrogens with zero attached hydrogens (tertiary/aromatic N) is 9. The number of aryl methyl sites for hydroxylation is 4. The number of hydrogen-bond acceptors (Lipinski definition) is 16. The van der Waals surface area contributed by atoms with Crippen LogP contribution in [0.2, 0.25) is 0 Å². The molecule has 78 heavy (non-hydrogen) atoms. The summed E-state index contributed by atoms with van der Waals surface area (Å²) < 4.78 is 145. The number of carbonyl (C=O) groups excluding carboxylic acids is 2. The minimum Gasteiger partial charge on any atom is -0.443 e. The van der Waals surface area contributed by atoms with Crippen LogP contribution in [-0.4, -0.2) is 131 Å². The number of carbonyl (C=O) groups is 2. The fourth-order valence-corrected chi connectivity index (χ4v) is 9.55. The molecule has 20 nitrogen and oxygen atoms in total. The van der Waals surface area contributed by atoms with Gasteiger partial charge in [0.05, 0.1) is 11.0 Å². The van der Waals surface area contributed by atoms with Crippen molar-refractivity contribution < 1.29 is 66.2 Å². The highest BCUT2D eigenvalue weighted by Crippen LogP contribution is 2.35. The van der Waals surface area contributed by atoms with Gasteiger partial charge in [0.1, 0.15) is 22.8 Å². The zero-order valence-corrected chi connectivity index (χ0v) is 47.9. The van der Waals surface area contributed by atoms with Crippen LogP contribution in [0.1, 0.15) is 88.3 Å². The Bertz CT molecular complexity index is 3150. The number of alkyl halides is 6. The average Bonchev–Trinajstić information content (AvgIpc) is 3.72. The molecule has 0 radical (unpaired) electrons. The molecule has 0 saturated carbocycles. The topological polar surface area (TPSA) is 225 Å². The maximum absolute atomic E-state index is 13.5. The Balaban J connectivity index is 0.000000262. The molecule has 0 bridgehead atoms. The van der Waals surface area contributed by atoms with E-state index in [1.807, 2.05) is 60.2 Å². The first-order chi connectivity index (χ1) is 35.4. The molecule has 2 aliphatic heterocycles. The number of benzene rings is 2. The van der Waals surface area contributed by atoms with E-state index in [1.165, 1.54) is 12.4 Å². The fourth-order valence-electron chi connectivity index (χ4n) is 7.67. The molecule has 2 fully saturated rings. The Morgan fingerprint density at radius 2 is 1.05 bits per heavy atom. The van der Waals surface area contributed by atoms with E-state index in [0.29, 0.717) is 41.6 Å². The summed E-state index contributed by atoms with van der Waals surface area (Å²) in [5, 5.41) is 4.39. The summed E-state index contributed by atoms with van der Waals surface area (Å²) in [6, 6.07) is 10.2. The molecule has 7 rings (SSSR count). The van der Waals surface area contributed by atoms with Crippen LogP contribution in [0.5, 0.6) is 0 Å². The first-order valence-corrected chi connectivity index (χ1v) is 27.2. The summed E-state index contributed by atoms with van der Waals surface area (Å²) in [6.07, 6.45) is -7.52. The third kappa shape index (κ3) is 18.0. The monoisotopic (exact) mass is 1170 g/mol. The molecule has 0 unspecified atom stereocenters. The number of anilines is 3. The van der Waals surface area contributed by atoms with E-state index >= 15 is 0 Å². The van der Waals surface area contributed by atoms with Crippen LogP contribution in [0.15, 0.2) is 48.8 Å². The Morgan fingerprint density at radius 3 is 1.50 bits per heavy atom. The number of ether oxygens (including phenoxy) is 2. The van der Waals surface area contributed by atoms with Gasteiger partial charge in [-0.05, 0) is 135 Å². The SMILES string of the molecule is CN(C)c1cc[n+](S(=O)(=O)NC(=O)OC(C)(C)C)cc1.Cc1cc2nc(C(F)(F)F)nc(N3CCCN(S(=O)(=O)NC(=O)OC(C)(C)C)CC3)c2cc1C.Cc1cc2nc(C(F)(F)F)nc(N3CCCNCC3)c2cc1C.Cl. The third-order valence-electron chi connectivity index (χ3n) is 11.6. The largest absolute Gasteiger partial charge is 0.474 e. The average molecular weight is 1170 g/mol. The number of amides is 2. The molecule has 432 valence electrons. The Labute approximate surface area is 457 Å². The lowest BCUT2D eigenvalue weighted by molar-refractivity contribution is -0.512. The molecule has 29 heteroatoms. The van der Waals surface area contributed by atoms with Crippen LogP contribution >= 0.6 is 12.4 Å². The number of nitrogens with one attached hydrogen (secondary N) is 3. The predicted molar refractivity (Wildman–Crippen MR) is 286 cm³/mol. The molecular weight excluding hydrogens is 1100 g/mol. The van der Waals surface area contributed by atoms with Gasteiger partial charge in [0.25, 0.3) is 0 Å². The van der Waals surface area contributed by atoms with E-state index < -0.39 is 67.8 Å². The summed E-state index contributed by atoms with van der Waals surface area (Å²) in [7, 11) is -4.52. The van der Waals surface area contributed by atoms with Crippen molar-refractivity contribution in [2.45, 2.75) is 106 Å². The lowest BCUT2D eigenvalue weighted by atomic mass is 10.1. The summed E-state index contributed by atoms with van der Waals surface area (Å²) in [6.45, 7) is 20.5. The van der Waals surface area contributed by atoms with Gasteiger partial charge in [-0.2, -0.15) is 43.8 Å². The van der Waals surface area contributed by atoms with Gasteiger partial charge in [0.15, 0.2) is 12.4 Å². The van der Waals surface area contributed by atoms with E-state index in [-0.39, 0.29) is 49.9 Å². The first-order valence-electron chi connectivity index (χ1n) is 24.3. The van der Waals surface area contributed by atoms with Gasteiger partial charge in [-0.3, -0.25) is 0 Å². The highest BCUT2D eigenvalue weighted by molar-refractivity contribution is 7.87. The number of fused-ring (bicyclic) bond motifs is 2. The quantitative estimate of drug-likeness (QED) is 0.105. The smallest absolute Gasteiger partial charge is 0.443 e. The van der Waals surface area contributed by atoms with Crippen LogP contribution in [0, 0.1) is 27.7 Å². The van der Waals surface area contributed by atoms with E-state index in [1.54, 1.807) is 83.7 Å². The van der Waals surface area contributed by atoms with Gasteiger partial charge in [-0.1, -0.05) is 3.97 Å². The number of aromatic nitrogens is 5. The standard InChI is InChI=1S/C21H28F3N5O4S.C16H19F3N4.C12H19N3O4S.ClH/c1-13-11-15-16(12-14(13)2)25-18(21(22,23)24)26-17(15)28-7-6-8-29(10-9-28)34(31,32)27-19(30)33-20(3,4)5;1-10-8-12-13(9-11(10)2)21-15(16(17,18)19)22-14(12)23-6-3-4-20-5-7-23;1-12(2,3)19-11(16)13-20(17,18)15-8-6-10(7-9-15)14(4)5;/h11-12H,6-10H2,1-5H3,(H,27,30);8-9,20H,3-7H2,1-2H3;6-9H,1-5H3;1H/p+1. The molecule has 3 N–H and O–H groups in total. The molecule has 2 amide bonds. The second kappa shape index (κ2) is 25.3. The Kier molecular flexibility index (Phi) is 20.9. The van der Waals surface area contributed by atoms with Crippen molar-refractivity contribution in [2.75, 3.05) is 81.2 Å². The van der Waals surface area contributed by atoms with Gasteiger partial charge >= 0.3 is 45.0 Å². The van der Waals surface area contributed by atoms with Crippen molar-refractivity contribution in [3.8, 4) is 0 Å². The van der Waals surface area contributed by atoms with Crippen LogP contribution in [0.3, 0.4) is 0 Å². The van der Waals surface area contributed by atoms with E-state index in [2.05, 4.69) is 25.3 Å². The first kappa shape index (κ1) is 64.4. The van der Waals surface area contributed by atoms with Crippen LogP contribution in [0.25, 0.3) is 21.8 Å². The van der Waals surface area contributed by atoms with Crippen molar-refractivity contribution in [1.82, 2.24) is 39.0 Å². The van der Waals surface area contributed by atoms with Crippen LogP contribution in [0.4, 0.5) is 53.3 Å². The number of halogens is 7. The fraction of sp³-hybridized carbons (Fsp3) is 0.531. The minimum absolute atomic E-state index is 0. The maximum atomic E-state index is 13.5. The predicted octanol–water partition coefficient (Wildman–Crippen LogP) is 7.69. The molecule has 0 spiro atoms. The molecular formula is C49H68ClF6N12O8S2+. The van der Waals surface area contributed by atoms with E-state index in [9.17, 15) is 52.8 Å². The van der Waals surface area contributed by atoms with Crippen molar-refractivity contribution in [3.63, 3.8) is 0 Å². The highest BCUT2D eigenvalue weighted by atomic mass is 35.5. The zero-order valence-electron chi connectivity index (χ0n) is 45.5. The molecule has 3 aromatic heterocycles. The molecule has 2 saturated heterocycles. The van der Waals surface area contributed by atoms with E-state index in [4.69, 9.17) is 9.47 Å². The maximum Gasteiger partial charge on any atom is 0.474 e. The number of hydrogen-bond donors (Lipinski definition) is 3. The van der Waals surface area contributed by atoms with Gasteiger partial charge < -0.3 is 29.5 Å². The van der Waals surface area contributed by atoms with Crippen molar-refractivity contribution in [3.05, 3.63) is 82.7 Å². The summed E-state index contributed by atoms with van der Waals surface area (Å²) >= 11 is 0. The zero-order chi connectivity index (χ0) is 57.6. The van der Waals surface area contributed by atoms with Gasteiger partial charge in [0, 0.05) is 88.5 Å². The molecule has 2 aromatic carbocycles. The summed E-state index contributed by atoms with van der Waals surface area (Å²) in [5.41, 5.74) is 3.33. The summed E-state index contributed by atoms with van der Waals surface area (Å²) in [4.78, 5) is 44.0. The number of pyridine rings is 1. The number of rotatable bonds is 7. The lowest BCUT2D eigenvalue weighted by Gasteiger charge is -2.25.